The molecule has 0 aliphatic rings. The second kappa shape index (κ2) is 5.37. The van der Waals surface area contributed by atoms with E-state index in [0.29, 0.717) is 11.1 Å². The summed E-state index contributed by atoms with van der Waals surface area (Å²) in [6.45, 7) is 2.17. The minimum Gasteiger partial charge on any atom is -0.408 e. The Labute approximate surface area is 105 Å². The maximum atomic E-state index is 11.1. The first-order chi connectivity index (χ1) is 8.69. The normalized spacial score (nSPS) is 14.8. The fraction of sp³-hybridized carbons (Fsp3) is 0.462. The van der Waals surface area contributed by atoms with E-state index in [4.69, 9.17) is 4.42 Å². The van der Waals surface area contributed by atoms with Gasteiger partial charge in [0.25, 0.3) is 0 Å². The molecule has 98 valence electrons. The Bertz CT molecular complexity index is 569. The van der Waals surface area contributed by atoms with Crippen LogP contribution < -0.4 is 11.1 Å². The number of nitrogens with one attached hydrogen (secondary N) is 2. The predicted octanol–water partition coefficient (Wildman–Crippen LogP) is 1.40. The highest BCUT2D eigenvalue weighted by atomic mass is 16.4. The molecule has 1 heterocycles. The first-order valence-electron chi connectivity index (χ1n) is 6.10. The van der Waals surface area contributed by atoms with E-state index < -0.39 is 5.76 Å². The first kappa shape index (κ1) is 12.9. The van der Waals surface area contributed by atoms with Crippen LogP contribution >= 0.6 is 0 Å². The van der Waals surface area contributed by atoms with E-state index in [0.717, 1.165) is 12.0 Å². The Morgan fingerprint density at radius 3 is 2.89 bits per heavy atom. The molecule has 2 unspecified atom stereocenters. The Balaban J connectivity index is 2.41. The minimum atomic E-state index is -0.447. The van der Waals surface area contributed by atoms with E-state index in [-0.39, 0.29) is 18.6 Å². The maximum Gasteiger partial charge on any atom is 0.417 e. The molecule has 0 radical (unpaired) electrons. The van der Waals surface area contributed by atoms with E-state index in [1.807, 2.05) is 26.1 Å². The molecule has 0 saturated heterocycles. The van der Waals surface area contributed by atoms with Gasteiger partial charge in [0, 0.05) is 18.6 Å². The van der Waals surface area contributed by atoms with Gasteiger partial charge < -0.3 is 14.8 Å². The lowest BCUT2D eigenvalue weighted by molar-refractivity contribution is 0.189. The van der Waals surface area contributed by atoms with Gasteiger partial charge in [-0.2, -0.15) is 0 Å². The van der Waals surface area contributed by atoms with E-state index in [9.17, 15) is 9.90 Å². The lowest BCUT2D eigenvalue weighted by Gasteiger charge is -2.24. The Morgan fingerprint density at radius 2 is 2.28 bits per heavy atom. The molecule has 0 saturated carbocycles. The van der Waals surface area contributed by atoms with Crippen LogP contribution in [0.25, 0.3) is 11.1 Å². The molecule has 3 N–H and O–H groups in total. The van der Waals surface area contributed by atoms with Crippen LogP contribution in [0.15, 0.2) is 27.4 Å². The van der Waals surface area contributed by atoms with Gasteiger partial charge in [0.1, 0.15) is 0 Å². The Kier molecular flexibility index (Phi) is 3.84. The Morgan fingerprint density at radius 1 is 1.50 bits per heavy atom. The highest BCUT2D eigenvalue weighted by Gasteiger charge is 2.20. The summed E-state index contributed by atoms with van der Waals surface area (Å²) < 4.78 is 4.97. The molecule has 18 heavy (non-hydrogen) atoms. The van der Waals surface area contributed by atoms with Gasteiger partial charge in [-0.1, -0.05) is 13.0 Å². The van der Waals surface area contributed by atoms with Crippen molar-refractivity contribution in [2.75, 3.05) is 13.7 Å². The fourth-order valence-corrected chi connectivity index (χ4v) is 2.31. The van der Waals surface area contributed by atoms with Gasteiger partial charge in [-0.15, -0.1) is 0 Å². The van der Waals surface area contributed by atoms with Crippen molar-refractivity contribution in [3.05, 3.63) is 34.3 Å². The van der Waals surface area contributed by atoms with Crippen molar-refractivity contribution in [2.24, 2.45) is 5.92 Å². The van der Waals surface area contributed by atoms with E-state index in [1.54, 1.807) is 6.07 Å². The monoisotopic (exact) mass is 250 g/mol. The van der Waals surface area contributed by atoms with Crippen LogP contribution in [-0.2, 0) is 0 Å². The Hall–Kier alpha value is -1.59. The van der Waals surface area contributed by atoms with E-state index in [2.05, 4.69) is 10.3 Å². The van der Waals surface area contributed by atoms with E-state index in [1.165, 1.54) is 0 Å². The smallest absolute Gasteiger partial charge is 0.408 e. The molecule has 0 fully saturated rings. The molecule has 0 aliphatic heterocycles. The second-order valence-electron chi connectivity index (χ2n) is 4.39. The van der Waals surface area contributed by atoms with Crippen LogP contribution in [0.3, 0.4) is 0 Å². The molecule has 2 rings (SSSR count). The number of aliphatic hydroxyl groups excluding tert-OH is 1. The molecule has 0 bridgehead atoms. The molecular formula is C13H18N2O3. The summed E-state index contributed by atoms with van der Waals surface area (Å²) in [4.78, 5) is 13.7. The molecule has 2 atom stereocenters. The zero-order valence-electron chi connectivity index (χ0n) is 10.6. The average molecular weight is 250 g/mol. The maximum absolute atomic E-state index is 11.1. The lowest BCUT2D eigenvalue weighted by atomic mass is 9.91. The molecule has 1 aromatic heterocycles. The molecule has 1 aromatic carbocycles. The SMILES string of the molecule is CCC(CO)C(NC)c1ccc2oc(=O)[nH]c2c1. The van der Waals surface area contributed by atoms with Crippen molar-refractivity contribution in [3.8, 4) is 0 Å². The highest BCUT2D eigenvalue weighted by molar-refractivity contribution is 5.72. The number of oxazole rings is 1. The molecule has 0 aliphatic carbocycles. The third-order valence-corrected chi connectivity index (χ3v) is 3.34. The van der Waals surface area contributed by atoms with Crippen molar-refractivity contribution in [2.45, 2.75) is 19.4 Å². The molecule has 2 aromatic rings. The zero-order chi connectivity index (χ0) is 13.1. The number of benzene rings is 1. The van der Waals surface area contributed by atoms with Crippen molar-refractivity contribution < 1.29 is 9.52 Å². The standard InChI is InChI=1S/C13H18N2O3/c1-3-8(7-16)12(14-2)9-4-5-11-10(6-9)15-13(17)18-11/h4-6,8,12,14,16H,3,7H2,1-2H3,(H,15,17). The molecule has 5 nitrogen and oxygen atoms in total. The van der Waals surface area contributed by atoms with Gasteiger partial charge >= 0.3 is 5.76 Å². The third-order valence-electron chi connectivity index (χ3n) is 3.34. The zero-order valence-corrected chi connectivity index (χ0v) is 10.6. The lowest BCUT2D eigenvalue weighted by Crippen LogP contribution is -2.27. The van der Waals surface area contributed by atoms with Crippen LogP contribution in [0, 0.1) is 5.92 Å². The summed E-state index contributed by atoms with van der Waals surface area (Å²) in [7, 11) is 1.87. The minimum absolute atomic E-state index is 0.0582. The first-order valence-corrected chi connectivity index (χ1v) is 6.10. The number of fused-ring (bicyclic) bond motifs is 1. The van der Waals surface area contributed by atoms with Crippen LogP contribution in [0.2, 0.25) is 0 Å². The molecule has 5 heteroatoms. The second-order valence-corrected chi connectivity index (χ2v) is 4.39. The van der Waals surface area contributed by atoms with Gasteiger partial charge in [-0.25, -0.2) is 4.79 Å². The van der Waals surface area contributed by atoms with Crippen molar-refractivity contribution in [1.29, 1.82) is 0 Å². The van der Waals surface area contributed by atoms with Crippen LogP contribution in [0.1, 0.15) is 24.9 Å². The van der Waals surface area contributed by atoms with Gasteiger partial charge in [0.15, 0.2) is 5.58 Å². The van der Waals surface area contributed by atoms with Crippen molar-refractivity contribution in [3.63, 3.8) is 0 Å². The quantitative estimate of drug-likeness (QED) is 0.749. The van der Waals surface area contributed by atoms with Gasteiger partial charge in [0.05, 0.1) is 5.52 Å². The number of H-pyrrole nitrogens is 1. The number of rotatable bonds is 5. The van der Waals surface area contributed by atoms with Crippen LogP contribution in [0.5, 0.6) is 0 Å². The average Bonchev–Trinajstić information content (AvgIpc) is 2.74. The summed E-state index contributed by atoms with van der Waals surface area (Å²) in [6, 6.07) is 5.64. The van der Waals surface area contributed by atoms with Crippen LogP contribution in [-0.4, -0.2) is 23.7 Å². The third kappa shape index (κ3) is 2.32. The number of aliphatic hydroxyl groups is 1. The summed E-state index contributed by atoms with van der Waals surface area (Å²) in [5.41, 5.74) is 2.27. The summed E-state index contributed by atoms with van der Waals surface area (Å²) >= 11 is 0. The van der Waals surface area contributed by atoms with Crippen LogP contribution in [0.4, 0.5) is 0 Å². The summed E-state index contributed by atoms with van der Waals surface area (Å²) in [5, 5.41) is 12.6. The highest BCUT2D eigenvalue weighted by Crippen LogP contribution is 2.26. The number of hydrogen-bond acceptors (Lipinski definition) is 4. The molecule has 0 spiro atoms. The van der Waals surface area contributed by atoms with E-state index >= 15 is 0 Å². The summed E-state index contributed by atoms with van der Waals surface area (Å²) in [6.07, 6.45) is 0.877. The largest absolute Gasteiger partial charge is 0.417 e. The summed E-state index contributed by atoms with van der Waals surface area (Å²) in [5.74, 6) is -0.302. The van der Waals surface area contributed by atoms with Crippen molar-refractivity contribution >= 4 is 11.1 Å². The van der Waals surface area contributed by atoms with Gasteiger partial charge in [-0.05, 0) is 31.2 Å². The fourth-order valence-electron chi connectivity index (χ4n) is 2.31. The predicted molar refractivity (Wildman–Crippen MR) is 69.5 cm³/mol. The van der Waals surface area contributed by atoms with Crippen molar-refractivity contribution in [1.82, 2.24) is 10.3 Å². The number of aromatic nitrogens is 1. The molecule has 0 amide bonds. The molecular weight excluding hydrogens is 232 g/mol. The number of hydrogen-bond donors (Lipinski definition) is 3. The number of aromatic amines is 1. The van der Waals surface area contributed by atoms with Gasteiger partial charge in [0.2, 0.25) is 0 Å². The van der Waals surface area contributed by atoms with Gasteiger partial charge in [-0.3, -0.25) is 4.98 Å². The topological polar surface area (TPSA) is 78.3 Å².